The number of ether oxygens (including phenoxy) is 2. The lowest BCUT2D eigenvalue weighted by molar-refractivity contribution is -0.207. The Labute approximate surface area is 245 Å². The Balaban J connectivity index is 1.48. The van der Waals surface area contributed by atoms with Crippen LogP contribution in [0.4, 0.5) is 4.39 Å². The van der Waals surface area contributed by atoms with Gasteiger partial charge in [0.05, 0.1) is 12.7 Å². The number of hydrazine groups is 1. The first-order chi connectivity index (χ1) is 19.8. The molecular formula is C30H40BFN2O8. The first-order valence-electron chi connectivity index (χ1n) is 14.6. The number of hydrogen-bond donors (Lipinski definition) is 4. The third kappa shape index (κ3) is 4.76. The van der Waals surface area contributed by atoms with E-state index in [9.17, 15) is 24.5 Å². The maximum atomic E-state index is 15.0. The predicted octanol–water partition coefficient (Wildman–Crippen LogP) is 1.69. The van der Waals surface area contributed by atoms with E-state index in [2.05, 4.69) is 12.3 Å². The summed E-state index contributed by atoms with van der Waals surface area (Å²) < 4.78 is 31.8. The lowest BCUT2D eigenvalue weighted by Gasteiger charge is -2.61. The van der Waals surface area contributed by atoms with Gasteiger partial charge < -0.3 is 24.3 Å². The van der Waals surface area contributed by atoms with Gasteiger partial charge in [-0.3, -0.25) is 15.0 Å². The summed E-state index contributed by atoms with van der Waals surface area (Å²) in [6.07, 6.45) is 3.83. The van der Waals surface area contributed by atoms with Gasteiger partial charge in [0.1, 0.15) is 11.9 Å². The molecule has 42 heavy (non-hydrogen) atoms. The van der Waals surface area contributed by atoms with Crippen LogP contribution in [-0.4, -0.2) is 53.7 Å². The average Bonchev–Trinajstić information content (AvgIpc) is 3.52. The molecule has 1 aromatic carbocycles. The SMILES string of the molecule is C[C@@H]1CC[C@@]23CCC(=O)[C@H]2[C@]1(C)[C@H](OC(=O)COc1ccc2c(c1F)B(O)OC2)C[C@@](C)(/C=C/C(=O)NN)[C@@H](O)[C@@H]3C. The molecule has 1 heterocycles. The monoisotopic (exact) mass is 586 g/mol. The van der Waals surface area contributed by atoms with Crippen molar-refractivity contribution >= 4 is 30.2 Å². The van der Waals surface area contributed by atoms with Crippen LogP contribution in [0.15, 0.2) is 24.3 Å². The van der Waals surface area contributed by atoms with Crippen LogP contribution in [0.2, 0.25) is 0 Å². The smallest absolute Gasteiger partial charge is 0.479 e. The number of hydrogen-bond acceptors (Lipinski definition) is 9. The zero-order valence-corrected chi connectivity index (χ0v) is 24.5. The van der Waals surface area contributed by atoms with E-state index in [1.54, 1.807) is 12.1 Å². The first-order valence-corrected chi connectivity index (χ1v) is 14.6. The van der Waals surface area contributed by atoms with Crippen molar-refractivity contribution in [3.05, 3.63) is 35.7 Å². The second kappa shape index (κ2) is 11.0. The summed E-state index contributed by atoms with van der Waals surface area (Å²) in [5.74, 6) is 2.39. The fourth-order valence-electron chi connectivity index (χ4n) is 8.48. The number of aliphatic hydroxyl groups excluding tert-OH is 1. The number of carbonyl (C=O) groups is 3. The molecule has 8 atom stereocenters. The zero-order chi connectivity index (χ0) is 30.6. The topological polar surface area (TPSA) is 157 Å². The highest BCUT2D eigenvalue weighted by atomic mass is 19.1. The van der Waals surface area contributed by atoms with Crippen LogP contribution in [0, 0.1) is 39.8 Å². The molecule has 0 spiro atoms. The van der Waals surface area contributed by atoms with Crippen LogP contribution in [0.1, 0.15) is 65.4 Å². The van der Waals surface area contributed by atoms with Gasteiger partial charge in [0.2, 0.25) is 0 Å². The predicted molar refractivity (Wildman–Crippen MR) is 150 cm³/mol. The molecule has 1 amide bonds. The van der Waals surface area contributed by atoms with Crippen LogP contribution in [0.3, 0.4) is 0 Å². The largest absolute Gasteiger partial charge is 0.494 e. The second-order valence-electron chi connectivity index (χ2n) is 13.1. The number of amides is 1. The van der Waals surface area contributed by atoms with Crippen molar-refractivity contribution in [2.45, 2.75) is 78.6 Å². The van der Waals surface area contributed by atoms with Crippen molar-refractivity contribution in [1.82, 2.24) is 5.43 Å². The molecule has 5 N–H and O–H groups in total. The van der Waals surface area contributed by atoms with E-state index in [4.69, 9.17) is 20.0 Å². The molecule has 4 aliphatic rings. The van der Waals surface area contributed by atoms with E-state index in [1.807, 2.05) is 20.8 Å². The lowest BCUT2D eigenvalue weighted by atomic mass is 9.44. The molecule has 3 aliphatic carbocycles. The fourth-order valence-corrected chi connectivity index (χ4v) is 8.48. The number of ketones is 1. The molecule has 0 aromatic heterocycles. The Morgan fingerprint density at radius 3 is 2.74 bits per heavy atom. The number of rotatable bonds is 6. The van der Waals surface area contributed by atoms with E-state index in [-0.39, 0.29) is 41.9 Å². The van der Waals surface area contributed by atoms with Crippen molar-refractivity contribution in [2.24, 2.45) is 39.8 Å². The number of halogens is 1. The highest BCUT2D eigenvalue weighted by Crippen LogP contribution is 2.68. The summed E-state index contributed by atoms with van der Waals surface area (Å²) in [6.45, 7) is 7.32. The number of carbonyl (C=O) groups excluding carboxylic acids is 3. The Hall–Kier alpha value is -2.80. The molecule has 10 nitrogen and oxygen atoms in total. The third-order valence-corrected chi connectivity index (χ3v) is 11.1. The fraction of sp³-hybridized carbons (Fsp3) is 0.633. The Morgan fingerprint density at radius 2 is 2.02 bits per heavy atom. The highest BCUT2D eigenvalue weighted by Gasteiger charge is 2.68. The maximum Gasteiger partial charge on any atom is 0.494 e. The van der Waals surface area contributed by atoms with E-state index >= 15 is 4.39 Å². The molecule has 2 bridgehead atoms. The molecule has 3 saturated carbocycles. The molecule has 1 aliphatic heterocycles. The molecule has 228 valence electrons. The van der Waals surface area contributed by atoms with Crippen molar-refractivity contribution in [2.75, 3.05) is 6.61 Å². The van der Waals surface area contributed by atoms with E-state index < -0.39 is 65.8 Å². The highest BCUT2D eigenvalue weighted by molar-refractivity contribution is 6.61. The normalized spacial score (nSPS) is 37.6. The van der Waals surface area contributed by atoms with E-state index in [0.717, 1.165) is 12.8 Å². The Kier molecular flexibility index (Phi) is 8.06. The van der Waals surface area contributed by atoms with Gasteiger partial charge in [-0.15, -0.1) is 0 Å². The first kappa shape index (κ1) is 30.7. The maximum absolute atomic E-state index is 15.0. The van der Waals surface area contributed by atoms with Gasteiger partial charge in [-0.2, -0.15) is 0 Å². The number of nitrogens with two attached hydrogens (primary N) is 1. The summed E-state index contributed by atoms with van der Waals surface area (Å²) in [6, 6.07) is 2.94. The third-order valence-electron chi connectivity index (χ3n) is 11.1. The summed E-state index contributed by atoms with van der Waals surface area (Å²) >= 11 is 0. The quantitative estimate of drug-likeness (QED) is 0.0973. The summed E-state index contributed by atoms with van der Waals surface area (Å²) in [7, 11) is -1.41. The molecular weight excluding hydrogens is 546 g/mol. The van der Waals surface area contributed by atoms with Gasteiger partial charge in [0.25, 0.3) is 5.91 Å². The molecule has 3 fully saturated rings. The number of Topliss-reactive ketones (excluding diaryl/α,β-unsaturated/α-hetero) is 1. The summed E-state index contributed by atoms with van der Waals surface area (Å²) in [5, 5.41) is 21.8. The molecule has 5 rings (SSSR count). The molecule has 1 aromatic rings. The van der Waals surface area contributed by atoms with E-state index in [0.29, 0.717) is 18.4 Å². The lowest BCUT2D eigenvalue weighted by Crippen LogP contribution is -2.63. The van der Waals surface area contributed by atoms with Gasteiger partial charge in [-0.1, -0.05) is 39.8 Å². The van der Waals surface area contributed by atoms with Crippen LogP contribution in [0.25, 0.3) is 0 Å². The number of nitrogens with one attached hydrogen (secondary N) is 1. The van der Waals surface area contributed by atoms with Crippen molar-refractivity contribution in [1.29, 1.82) is 0 Å². The van der Waals surface area contributed by atoms with Crippen molar-refractivity contribution < 1.29 is 43.0 Å². The van der Waals surface area contributed by atoms with Gasteiger partial charge in [0.15, 0.2) is 18.2 Å². The average molecular weight is 586 g/mol. The van der Waals surface area contributed by atoms with Gasteiger partial charge in [-0.05, 0) is 54.6 Å². The summed E-state index contributed by atoms with van der Waals surface area (Å²) in [5.41, 5.74) is 0.279. The van der Waals surface area contributed by atoms with Gasteiger partial charge in [-0.25, -0.2) is 15.0 Å². The second-order valence-corrected chi connectivity index (χ2v) is 13.1. The Morgan fingerprint density at radius 1 is 1.29 bits per heavy atom. The van der Waals surface area contributed by atoms with Crippen LogP contribution >= 0.6 is 0 Å². The van der Waals surface area contributed by atoms with E-state index in [1.165, 1.54) is 12.1 Å². The number of fused-ring (bicyclic) bond motifs is 1. The van der Waals surface area contributed by atoms with Crippen LogP contribution < -0.4 is 21.5 Å². The molecule has 0 unspecified atom stereocenters. The molecule has 0 radical (unpaired) electrons. The minimum Gasteiger partial charge on any atom is -0.479 e. The van der Waals surface area contributed by atoms with Crippen molar-refractivity contribution in [3.63, 3.8) is 0 Å². The minimum absolute atomic E-state index is 0.00930. The summed E-state index contributed by atoms with van der Waals surface area (Å²) in [4.78, 5) is 39.0. The molecule has 12 heteroatoms. The van der Waals surface area contributed by atoms with Gasteiger partial charge in [0, 0.05) is 34.7 Å². The van der Waals surface area contributed by atoms with Gasteiger partial charge >= 0.3 is 13.1 Å². The standard InChI is InChI=1S/C30H40BFN2O8/c1-16-7-11-30-12-8-19(35)26(30)29(16,4)21(13-28(3,27(38)17(30)2)10-9-22(36)34-33)42-23(37)15-40-20-6-5-18-14-41-31(39)24(18)25(20)32/h5-6,9-10,16-17,21,26-27,38-39H,7-8,11-15,33H2,1-4H3,(H,34,36)/b10-9+/t16-,17+,21-,26+,27+,28-,29+,30+/m1/s1. The number of benzene rings is 1. The molecule has 0 saturated heterocycles. The van der Waals surface area contributed by atoms with Crippen LogP contribution in [0.5, 0.6) is 5.75 Å². The number of aliphatic hydroxyl groups is 1. The number of esters is 1. The Bertz CT molecular complexity index is 1310. The minimum atomic E-state index is -1.41. The van der Waals surface area contributed by atoms with Crippen molar-refractivity contribution in [3.8, 4) is 5.75 Å². The van der Waals surface area contributed by atoms with Crippen LogP contribution in [-0.2, 0) is 30.4 Å². The zero-order valence-electron chi connectivity index (χ0n) is 24.5.